The smallest absolute Gasteiger partial charge is 0.305 e. The van der Waals surface area contributed by atoms with Crippen molar-refractivity contribution in [2.24, 2.45) is 0 Å². The predicted molar refractivity (Wildman–Crippen MR) is 149 cm³/mol. The molecule has 1 aliphatic heterocycles. The van der Waals surface area contributed by atoms with Crippen molar-refractivity contribution in [3.05, 3.63) is 82.7 Å². The molecular formula is C28H31N3O7S2. The van der Waals surface area contributed by atoms with Crippen molar-refractivity contribution in [1.29, 1.82) is 0 Å². The van der Waals surface area contributed by atoms with Gasteiger partial charge in [0.05, 0.1) is 26.0 Å². The molecule has 2 unspecified atom stereocenters. The number of carboxylic acids is 1. The molecule has 0 aliphatic carbocycles. The van der Waals surface area contributed by atoms with Crippen LogP contribution in [-0.4, -0.2) is 66.9 Å². The first-order valence-electron chi connectivity index (χ1n) is 12.7. The van der Waals surface area contributed by atoms with Crippen molar-refractivity contribution >= 4 is 39.1 Å². The molecule has 1 saturated heterocycles. The van der Waals surface area contributed by atoms with Crippen LogP contribution in [0.1, 0.15) is 35.6 Å². The molecular weight excluding hydrogens is 554 g/mol. The Labute approximate surface area is 237 Å². The van der Waals surface area contributed by atoms with E-state index in [9.17, 15) is 27.9 Å². The third kappa shape index (κ3) is 6.69. The second-order valence-electron chi connectivity index (χ2n) is 9.46. The molecule has 2 heterocycles. The average molecular weight is 586 g/mol. The minimum atomic E-state index is -4.13. The maximum Gasteiger partial charge on any atom is 0.305 e. The quantitative estimate of drug-likeness (QED) is 0.373. The molecule has 212 valence electrons. The second-order valence-corrected chi connectivity index (χ2v) is 12.5. The van der Waals surface area contributed by atoms with Crippen molar-refractivity contribution < 1.29 is 32.6 Å². The number of benzene rings is 2. The topological polar surface area (TPSA) is 133 Å². The van der Waals surface area contributed by atoms with Crippen LogP contribution in [0.4, 0.5) is 0 Å². The van der Waals surface area contributed by atoms with Crippen molar-refractivity contribution in [2.75, 3.05) is 20.2 Å². The van der Waals surface area contributed by atoms with E-state index >= 15 is 0 Å². The number of nitrogens with zero attached hydrogens (tertiary/aromatic N) is 2. The van der Waals surface area contributed by atoms with Crippen molar-refractivity contribution in [1.82, 2.24) is 14.5 Å². The van der Waals surface area contributed by atoms with Gasteiger partial charge in [-0.3, -0.25) is 14.4 Å². The molecule has 10 nitrogen and oxygen atoms in total. The molecule has 1 aliphatic rings. The van der Waals surface area contributed by atoms with Crippen molar-refractivity contribution in [3.63, 3.8) is 0 Å². The fourth-order valence-corrected chi connectivity index (χ4v) is 7.40. The van der Waals surface area contributed by atoms with Gasteiger partial charge in [0.15, 0.2) is 6.17 Å². The third-order valence-electron chi connectivity index (χ3n) is 6.61. The Balaban J connectivity index is 1.69. The highest BCUT2D eigenvalue weighted by Gasteiger charge is 2.45. The molecule has 2 N–H and O–H groups in total. The first kappa shape index (κ1) is 29.2. The summed E-state index contributed by atoms with van der Waals surface area (Å²) in [5, 5.41) is 13.9. The number of thiophene rings is 1. The van der Waals surface area contributed by atoms with Crippen LogP contribution in [0.3, 0.4) is 0 Å². The Morgan fingerprint density at radius 1 is 1.10 bits per heavy atom. The summed E-state index contributed by atoms with van der Waals surface area (Å²) < 4.78 is 33.6. The number of methoxy groups -OCH3 is 1. The summed E-state index contributed by atoms with van der Waals surface area (Å²) in [7, 11) is -2.59. The number of aryl methyl sites for hydroxylation is 1. The summed E-state index contributed by atoms with van der Waals surface area (Å²) >= 11 is 1.02. The lowest BCUT2D eigenvalue weighted by atomic mass is 10.0. The molecule has 4 rings (SSSR count). The highest BCUT2D eigenvalue weighted by molar-refractivity contribution is 7.91. The molecule has 2 aromatic carbocycles. The Bertz CT molecular complexity index is 1460. The van der Waals surface area contributed by atoms with Gasteiger partial charge in [-0.25, -0.2) is 8.42 Å². The molecule has 0 saturated carbocycles. The number of carbonyl (C=O) groups is 3. The zero-order chi connectivity index (χ0) is 28.9. The maximum absolute atomic E-state index is 13.9. The number of amides is 2. The van der Waals surface area contributed by atoms with Gasteiger partial charge in [-0.2, -0.15) is 4.31 Å². The van der Waals surface area contributed by atoms with Crippen LogP contribution in [0.15, 0.2) is 70.3 Å². The Morgan fingerprint density at radius 3 is 2.48 bits per heavy atom. The minimum Gasteiger partial charge on any atom is -0.497 e. The van der Waals surface area contributed by atoms with Crippen molar-refractivity contribution in [2.45, 2.75) is 42.6 Å². The normalized spacial score (nSPS) is 16.8. The van der Waals surface area contributed by atoms with Gasteiger partial charge in [-0.15, -0.1) is 11.3 Å². The van der Waals surface area contributed by atoms with E-state index in [4.69, 9.17) is 4.74 Å². The number of aliphatic carboxylic acids is 1. The van der Waals surface area contributed by atoms with E-state index in [1.54, 1.807) is 53.9 Å². The summed E-state index contributed by atoms with van der Waals surface area (Å²) in [4.78, 5) is 40.4. The van der Waals surface area contributed by atoms with Gasteiger partial charge in [0, 0.05) is 13.1 Å². The lowest BCUT2D eigenvalue weighted by Gasteiger charge is -2.42. The zero-order valence-corrected chi connectivity index (χ0v) is 23.8. The molecule has 1 fully saturated rings. The van der Waals surface area contributed by atoms with E-state index in [2.05, 4.69) is 5.32 Å². The number of hydrogen-bond donors (Lipinski definition) is 2. The molecule has 40 heavy (non-hydrogen) atoms. The Morgan fingerprint density at radius 2 is 1.85 bits per heavy atom. The highest BCUT2D eigenvalue weighted by atomic mass is 32.2. The van der Waals surface area contributed by atoms with Crippen LogP contribution in [-0.2, 0) is 30.8 Å². The Hall–Kier alpha value is -3.74. The van der Waals surface area contributed by atoms with E-state index < -0.39 is 46.4 Å². The van der Waals surface area contributed by atoms with Crippen LogP contribution in [0, 0.1) is 6.92 Å². The molecule has 0 radical (unpaired) electrons. The van der Waals surface area contributed by atoms with Gasteiger partial charge in [0.2, 0.25) is 5.91 Å². The second kappa shape index (κ2) is 12.6. The first-order valence-corrected chi connectivity index (χ1v) is 15.0. The number of sulfonamides is 1. The van der Waals surface area contributed by atoms with Crippen LogP contribution in [0.25, 0.3) is 0 Å². The Kier molecular flexibility index (Phi) is 9.23. The van der Waals surface area contributed by atoms with Gasteiger partial charge in [0.1, 0.15) is 9.96 Å². The molecule has 1 aromatic heterocycles. The summed E-state index contributed by atoms with van der Waals surface area (Å²) in [6.45, 7) is 2.04. The van der Waals surface area contributed by atoms with Crippen LogP contribution in [0.5, 0.6) is 5.75 Å². The first-order chi connectivity index (χ1) is 19.1. The highest BCUT2D eigenvalue weighted by Crippen LogP contribution is 2.29. The number of ether oxygens (including phenoxy) is 1. The van der Waals surface area contributed by atoms with Crippen LogP contribution in [0.2, 0.25) is 0 Å². The maximum atomic E-state index is 13.9. The van der Waals surface area contributed by atoms with Gasteiger partial charge < -0.3 is 20.1 Å². The number of carbonyl (C=O) groups excluding carboxylic acids is 2. The standard InChI is InChI=1S/C28H31N3O7S2/c1-19-6-3-7-21(16-19)23(18-25(33)34)29-27(35)28-30(24(32)17-20-9-11-22(38-2)12-10-20)13-5-14-31(28)40(36,37)26-8-4-15-39-26/h3-4,6-12,15-16,23,28H,5,13-14,17-18H2,1-2H3,(H,29,35)(H,33,34). The van der Waals surface area contributed by atoms with E-state index in [0.29, 0.717) is 23.3 Å². The molecule has 0 spiro atoms. The molecule has 12 heteroatoms. The summed E-state index contributed by atoms with van der Waals surface area (Å²) in [6, 6.07) is 16.1. The van der Waals surface area contributed by atoms with E-state index in [0.717, 1.165) is 21.2 Å². The number of carboxylic acid groups (broad SMARTS) is 1. The van der Waals surface area contributed by atoms with E-state index in [1.807, 2.05) is 13.0 Å². The van der Waals surface area contributed by atoms with Gasteiger partial charge >= 0.3 is 5.97 Å². The monoisotopic (exact) mass is 585 g/mol. The van der Waals surface area contributed by atoms with E-state index in [-0.39, 0.29) is 23.7 Å². The summed E-state index contributed by atoms with van der Waals surface area (Å²) in [5.41, 5.74) is 2.11. The lowest BCUT2D eigenvalue weighted by Crippen LogP contribution is -2.63. The van der Waals surface area contributed by atoms with Crippen LogP contribution >= 0.6 is 11.3 Å². The largest absolute Gasteiger partial charge is 0.497 e. The number of hydrogen-bond acceptors (Lipinski definition) is 7. The third-order valence-corrected chi connectivity index (χ3v) is 9.84. The van der Waals surface area contributed by atoms with Crippen molar-refractivity contribution in [3.8, 4) is 5.75 Å². The SMILES string of the molecule is COc1ccc(CC(=O)N2CCCN(S(=O)(=O)c3cccs3)C2C(=O)NC(CC(=O)O)c2cccc(C)c2)cc1. The molecule has 2 amide bonds. The lowest BCUT2D eigenvalue weighted by molar-refractivity contribution is -0.148. The van der Waals surface area contributed by atoms with Gasteiger partial charge in [-0.05, 0) is 48.1 Å². The van der Waals surface area contributed by atoms with Gasteiger partial charge in [0.25, 0.3) is 15.9 Å². The fraction of sp³-hybridized carbons (Fsp3) is 0.321. The number of rotatable bonds is 10. The predicted octanol–water partition coefficient (Wildman–Crippen LogP) is 3.19. The molecule has 0 bridgehead atoms. The fourth-order valence-electron chi connectivity index (χ4n) is 4.69. The number of nitrogens with one attached hydrogen (secondary N) is 1. The minimum absolute atomic E-state index is 0.0265. The van der Waals surface area contributed by atoms with Crippen LogP contribution < -0.4 is 10.1 Å². The average Bonchev–Trinajstić information content (AvgIpc) is 3.49. The van der Waals surface area contributed by atoms with E-state index in [1.165, 1.54) is 18.1 Å². The zero-order valence-electron chi connectivity index (χ0n) is 22.1. The van der Waals surface area contributed by atoms with Gasteiger partial charge in [-0.1, -0.05) is 48.0 Å². The molecule has 3 aromatic rings. The molecule has 2 atom stereocenters. The summed E-state index contributed by atoms with van der Waals surface area (Å²) in [5.74, 6) is -1.70. The summed E-state index contributed by atoms with van der Waals surface area (Å²) in [6.07, 6.45) is -1.64.